The van der Waals surface area contributed by atoms with E-state index in [1.54, 1.807) is 42.3 Å². The van der Waals surface area contributed by atoms with Gasteiger partial charge in [-0.25, -0.2) is 0 Å². The van der Waals surface area contributed by atoms with Gasteiger partial charge in [0, 0.05) is 23.8 Å². The van der Waals surface area contributed by atoms with E-state index < -0.39 is 5.41 Å². The van der Waals surface area contributed by atoms with E-state index in [1.807, 2.05) is 13.8 Å². The third kappa shape index (κ3) is 3.50. The molecule has 0 atom stereocenters. The Morgan fingerprint density at radius 2 is 1.92 bits per heavy atom. The second-order valence-corrected chi connectivity index (χ2v) is 7.64. The van der Waals surface area contributed by atoms with Crippen LogP contribution in [0.3, 0.4) is 0 Å². The van der Waals surface area contributed by atoms with Gasteiger partial charge in [0.1, 0.15) is 12.4 Å². The molecule has 0 spiro atoms. The number of nitrogens with one attached hydrogen (secondary N) is 1. The second kappa shape index (κ2) is 6.82. The molecule has 0 aromatic heterocycles. The minimum absolute atomic E-state index is 0.0289. The number of fused-ring (bicyclic) bond motifs is 1. The van der Waals surface area contributed by atoms with Crippen molar-refractivity contribution in [2.24, 2.45) is 5.41 Å². The number of hydrogen-bond acceptors (Lipinski definition) is 3. The number of anilines is 2. The molecule has 2 amide bonds. The molecule has 0 aliphatic carbocycles. The number of hydrogen-bond donors (Lipinski definition) is 1. The predicted molar refractivity (Wildman–Crippen MR) is 104 cm³/mol. The van der Waals surface area contributed by atoms with E-state index in [2.05, 4.69) is 5.32 Å². The minimum atomic E-state index is -0.633. The molecule has 7 heteroatoms. The molecular formula is C19H18Cl2N2O3. The molecule has 0 radical (unpaired) electrons. The summed E-state index contributed by atoms with van der Waals surface area (Å²) in [7, 11) is 1.71. The fourth-order valence-electron chi connectivity index (χ4n) is 2.74. The molecule has 0 unspecified atom stereocenters. The molecule has 26 heavy (non-hydrogen) atoms. The quantitative estimate of drug-likeness (QED) is 0.810. The number of carbonyl (C=O) groups excluding carboxylic acids is 2. The molecule has 0 fully saturated rings. The van der Waals surface area contributed by atoms with Gasteiger partial charge in [0.25, 0.3) is 5.91 Å². The lowest BCUT2D eigenvalue weighted by Crippen LogP contribution is -2.39. The number of halogens is 2. The van der Waals surface area contributed by atoms with Crippen LogP contribution in [0.2, 0.25) is 10.0 Å². The normalized spacial score (nSPS) is 15.7. The molecule has 1 aliphatic heterocycles. The Bertz CT molecular complexity index is 896. The third-order valence-corrected chi connectivity index (χ3v) is 4.79. The van der Waals surface area contributed by atoms with Crippen molar-refractivity contribution < 1.29 is 14.3 Å². The summed E-state index contributed by atoms with van der Waals surface area (Å²) >= 11 is 12.0. The van der Waals surface area contributed by atoms with Gasteiger partial charge in [-0.1, -0.05) is 23.2 Å². The molecule has 136 valence electrons. The van der Waals surface area contributed by atoms with E-state index in [0.29, 0.717) is 27.2 Å². The molecule has 3 rings (SSSR count). The summed E-state index contributed by atoms with van der Waals surface area (Å²) < 4.78 is 5.81. The Balaban J connectivity index is 1.88. The largest absolute Gasteiger partial charge is 0.490 e. The first-order chi connectivity index (χ1) is 12.2. The summed E-state index contributed by atoms with van der Waals surface area (Å²) in [5.74, 6) is 0.121. The van der Waals surface area contributed by atoms with E-state index in [4.69, 9.17) is 27.9 Å². The van der Waals surface area contributed by atoms with Gasteiger partial charge in [0.05, 0.1) is 21.7 Å². The van der Waals surface area contributed by atoms with Crippen LogP contribution < -0.4 is 15.0 Å². The number of benzene rings is 2. The Kier molecular flexibility index (Phi) is 4.86. The molecule has 1 heterocycles. The highest BCUT2D eigenvalue weighted by molar-refractivity contribution is 6.36. The standard InChI is InChI=1S/C19H18Cl2N2O3/c1-19(2)10-26-16-9-12(5-7-15(16)23(3)18(19)25)22-17(24)13-8-11(20)4-6-14(13)21/h4-9H,10H2,1-3H3,(H,22,24). The van der Waals surface area contributed by atoms with Crippen LogP contribution in [0.15, 0.2) is 36.4 Å². The number of rotatable bonds is 2. The highest BCUT2D eigenvalue weighted by Gasteiger charge is 2.36. The lowest BCUT2D eigenvalue weighted by Gasteiger charge is -2.24. The average molecular weight is 393 g/mol. The van der Waals surface area contributed by atoms with Crippen LogP contribution in [0.5, 0.6) is 5.75 Å². The van der Waals surface area contributed by atoms with Crippen molar-refractivity contribution in [3.8, 4) is 5.75 Å². The lowest BCUT2D eigenvalue weighted by molar-refractivity contribution is -0.127. The minimum Gasteiger partial charge on any atom is -0.490 e. The maximum atomic E-state index is 12.5. The predicted octanol–water partition coefficient (Wildman–Crippen LogP) is 4.63. The Labute approximate surface area is 161 Å². The van der Waals surface area contributed by atoms with E-state index in [-0.39, 0.29) is 24.0 Å². The van der Waals surface area contributed by atoms with Gasteiger partial charge in [-0.2, -0.15) is 0 Å². The van der Waals surface area contributed by atoms with Gasteiger partial charge in [-0.15, -0.1) is 0 Å². The molecule has 0 saturated heterocycles. The van der Waals surface area contributed by atoms with Crippen molar-refractivity contribution in [2.75, 3.05) is 23.9 Å². The van der Waals surface area contributed by atoms with Gasteiger partial charge >= 0.3 is 0 Å². The fraction of sp³-hybridized carbons (Fsp3) is 0.263. The zero-order valence-electron chi connectivity index (χ0n) is 14.6. The second-order valence-electron chi connectivity index (χ2n) is 6.80. The molecule has 5 nitrogen and oxygen atoms in total. The van der Waals surface area contributed by atoms with Gasteiger partial charge in [-0.05, 0) is 44.2 Å². The van der Waals surface area contributed by atoms with Crippen LogP contribution in [0.1, 0.15) is 24.2 Å². The smallest absolute Gasteiger partial charge is 0.257 e. The van der Waals surface area contributed by atoms with E-state index in [0.717, 1.165) is 0 Å². The van der Waals surface area contributed by atoms with Crippen LogP contribution in [0.25, 0.3) is 0 Å². The van der Waals surface area contributed by atoms with E-state index in [9.17, 15) is 9.59 Å². The van der Waals surface area contributed by atoms with Gasteiger partial charge in [0.15, 0.2) is 0 Å². The van der Waals surface area contributed by atoms with Crippen molar-refractivity contribution in [1.82, 2.24) is 0 Å². The first kappa shape index (κ1) is 18.5. The maximum Gasteiger partial charge on any atom is 0.257 e. The van der Waals surface area contributed by atoms with Gasteiger partial charge in [-0.3, -0.25) is 9.59 Å². The van der Waals surface area contributed by atoms with Gasteiger partial charge in [0.2, 0.25) is 5.91 Å². The summed E-state index contributed by atoms with van der Waals surface area (Å²) in [6.07, 6.45) is 0. The molecule has 2 aromatic rings. The maximum absolute atomic E-state index is 12.5. The Morgan fingerprint density at radius 3 is 2.65 bits per heavy atom. The monoisotopic (exact) mass is 392 g/mol. The Hall–Kier alpha value is -2.24. The van der Waals surface area contributed by atoms with Crippen LogP contribution in [-0.4, -0.2) is 25.5 Å². The zero-order valence-corrected chi connectivity index (χ0v) is 16.1. The highest BCUT2D eigenvalue weighted by atomic mass is 35.5. The van der Waals surface area contributed by atoms with Crippen LogP contribution in [-0.2, 0) is 4.79 Å². The summed E-state index contributed by atoms with van der Waals surface area (Å²) in [6, 6.07) is 9.84. The zero-order chi connectivity index (χ0) is 19.1. The summed E-state index contributed by atoms with van der Waals surface area (Å²) in [5, 5.41) is 3.51. The van der Waals surface area contributed by atoms with Crippen molar-refractivity contribution >= 4 is 46.4 Å². The van der Waals surface area contributed by atoms with Gasteiger partial charge < -0.3 is 15.0 Å². The SMILES string of the molecule is CN1C(=O)C(C)(C)COc2cc(NC(=O)c3cc(Cl)ccc3Cl)ccc21. The number of carbonyl (C=O) groups is 2. The topological polar surface area (TPSA) is 58.6 Å². The molecule has 2 aromatic carbocycles. The number of nitrogens with zero attached hydrogens (tertiary/aromatic N) is 1. The Morgan fingerprint density at radius 1 is 1.19 bits per heavy atom. The molecule has 1 aliphatic rings. The summed E-state index contributed by atoms with van der Waals surface area (Å²) in [4.78, 5) is 26.5. The van der Waals surface area contributed by atoms with Crippen LogP contribution in [0.4, 0.5) is 11.4 Å². The number of amides is 2. The van der Waals surface area contributed by atoms with Crippen LogP contribution >= 0.6 is 23.2 Å². The number of ether oxygens (including phenoxy) is 1. The lowest BCUT2D eigenvalue weighted by atomic mass is 9.93. The van der Waals surface area contributed by atoms with Crippen molar-refractivity contribution in [3.05, 3.63) is 52.0 Å². The summed E-state index contributed by atoms with van der Waals surface area (Å²) in [6.45, 7) is 3.92. The first-order valence-electron chi connectivity index (χ1n) is 8.00. The molecular weight excluding hydrogens is 375 g/mol. The first-order valence-corrected chi connectivity index (χ1v) is 8.76. The third-order valence-electron chi connectivity index (χ3n) is 4.22. The molecule has 1 N–H and O–H groups in total. The van der Waals surface area contributed by atoms with E-state index >= 15 is 0 Å². The van der Waals surface area contributed by atoms with Crippen LogP contribution in [0, 0.1) is 5.41 Å². The van der Waals surface area contributed by atoms with Crippen molar-refractivity contribution in [2.45, 2.75) is 13.8 Å². The molecule has 0 saturated carbocycles. The fourth-order valence-corrected chi connectivity index (χ4v) is 3.11. The van der Waals surface area contributed by atoms with Crippen molar-refractivity contribution in [3.63, 3.8) is 0 Å². The average Bonchev–Trinajstić information content (AvgIpc) is 2.68. The van der Waals surface area contributed by atoms with E-state index in [1.165, 1.54) is 6.07 Å². The van der Waals surface area contributed by atoms with Crippen molar-refractivity contribution in [1.29, 1.82) is 0 Å². The molecule has 0 bridgehead atoms. The highest BCUT2D eigenvalue weighted by Crippen LogP contribution is 2.37. The summed E-state index contributed by atoms with van der Waals surface area (Å²) in [5.41, 5.74) is 0.832.